The molecule has 0 aliphatic heterocycles. The molecule has 0 fully saturated rings. The SMILES string of the molecule is CC/C=C\C/C=C\C/C=C\C/C=C\C/C=C\C/C=C\C/C=C\C/C=C\CCCCC(=O)NC(COP(=O)([O-])OCC[N+](C)(C)C)C(O)/C=C/CCCCC. The Balaban J connectivity index is 4.28. The molecule has 8 nitrogen and oxygen atoms in total. The number of likely N-dealkylation sites (N-methyl/N-ethyl adjacent to an activating group) is 1. The van der Waals surface area contributed by atoms with Crippen molar-refractivity contribution in [3.63, 3.8) is 0 Å². The van der Waals surface area contributed by atoms with Crippen LogP contribution in [-0.2, 0) is 18.4 Å². The first-order chi connectivity index (χ1) is 26.0. The van der Waals surface area contributed by atoms with Crippen LogP contribution in [0, 0.1) is 0 Å². The van der Waals surface area contributed by atoms with Gasteiger partial charge in [0.1, 0.15) is 13.2 Å². The van der Waals surface area contributed by atoms with Crippen LogP contribution in [0.2, 0.25) is 0 Å². The molecule has 2 N–H and O–H groups in total. The van der Waals surface area contributed by atoms with E-state index in [1.165, 1.54) is 0 Å². The summed E-state index contributed by atoms with van der Waals surface area (Å²) in [5, 5.41) is 13.5. The van der Waals surface area contributed by atoms with Gasteiger partial charge in [-0.3, -0.25) is 9.36 Å². The van der Waals surface area contributed by atoms with E-state index in [-0.39, 0.29) is 18.9 Å². The van der Waals surface area contributed by atoms with E-state index in [0.717, 1.165) is 89.9 Å². The second kappa shape index (κ2) is 35.8. The number of carbonyl (C=O) groups is 1. The van der Waals surface area contributed by atoms with Crippen LogP contribution in [0.4, 0.5) is 0 Å². The Labute approximate surface area is 330 Å². The van der Waals surface area contributed by atoms with Crippen LogP contribution in [0.1, 0.15) is 117 Å². The molecule has 3 atom stereocenters. The molecule has 0 radical (unpaired) electrons. The number of hydrogen-bond acceptors (Lipinski definition) is 6. The molecule has 0 aliphatic carbocycles. The summed E-state index contributed by atoms with van der Waals surface area (Å²) in [6.45, 7) is 4.33. The number of aliphatic hydroxyl groups excluding tert-OH is 1. The Bertz CT molecular complexity index is 1240. The molecule has 0 aromatic rings. The van der Waals surface area contributed by atoms with Crippen LogP contribution in [0.5, 0.6) is 0 Å². The molecule has 0 spiro atoms. The molecule has 0 heterocycles. The highest BCUT2D eigenvalue weighted by atomic mass is 31.2. The summed E-state index contributed by atoms with van der Waals surface area (Å²) in [5.41, 5.74) is 0. The molecule has 0 aromatic heterocycles. The summed E-state index contributed by atoms with van der Waals surface area (Å²) in [6, 6.07) is -0.913. The predicted octanol–water partition coefficient (Wildman–Crippen LogP) is 10.3. The van der Waals surface area contributed by atoms with Crippen molar-refractivity contribution in [2.45, 2.75) is 129 Å². The fourth-order valence-electron chi connectivity index (χ4n) is 4.75. The van der Waals surface area contributed by atoms with E-state index >= 15 is 0 Å². The number of phosphoric acid groups is 1. The van der Waals surface area contributed by atoms with Crippen molar-refractivity contribution < 1.29 is 32.9 Å². The van der Waals surface area contributed by atoms with E-state index in [9.17, 15) is 19.4 Å². The minimum Gasteiger partial charge on any atom is -0.756 e. The molecule has 306 valence electrons. The lowest BCUT2D eigenvalue weighted by Gasteiger charge is -2.29. The third kappa shape index (κ3) is 37.5. The first-order valence-corrected chi connectivity index (χ1v) is 21.7. The summed E-state index contributed by atoms with van der Waals surface area (Å²) in [7, 11) is 1.20. The van der Waals surface area contributed by atoms with E-state index in [1.807, 2.05) is 27.2 Å². The molecule has 0 bridgehead atoms. The number of carbonyl (C=O) groups excluding carboxylic acids is 1. The van der Waals surface area contributed by atoms with E-state index in [1.54, 1.807) is 6.08 Å². The molecular weight excluding hydrogens is 695 g/mol. The zero-order valence-electron chi connectivity index (χ0n) is 34.4. The van der Waals surface area contributed by atoms with Gasteiger partial charge in [0.15, 0.2) is 0 Å². The molecule has 54 heavy (non-hydrogen) atoms. The number of allylic oxidation sites excluding steroid dienone is 17. The molecule has 3 unspecified atom stereocenters. The molecule has 9 heteroatoms. The molecular formula is C45H75N2O6P. The first-order valence-electron chi connectivity index (χ1n) is 20.2. The van der Waals surface area contributed by atoms with Gasteiger partial charge in [0.2, 0.25) is 5.91 Å². The van der Waals surface area contributed by atoms with Crippen molar-refractivity contribution in [3.8, 4) is 0 Å². The maximum atomic E-state index is 12.7. The minimum atomic E-state index is -4.59. The van der Waals surface area contributed by atoms with E-state index in [2.05, 4.69) is 116 Å². The number of phosphoric ester groups is 1. The van der Waals surface area contributed by atoms with Crippen molar-refractivity contribution in [1.29, 1.82) is 0 Å². The van der Waals surface area contributed by atoms with Gasteiger partial charge in [0.25, 0.3) is 7.82 Å². The van der Waals surface area contributed by atoms with Crippen LogP contribution in [0.25, 0.3) is 0 Å². The fraction of sp³-hybridized carbons (Fsp3) is 0.578. The molecule has 0 saturated carbocycles. The summed E-state index contributed by atoms with van der Waals surface area (Å²) >= 11 is 0. The van der Waals surface area contributed by atoms with E-state index in [4.69, 9.17) is 9.05 Å². The lowest BCUT2D eigenvalue weighted by atomic mass is 10.1. The average Bonchev–Trinajstić information content (AvgIpc) is 3.12. The highest BCUT2D eigenvalue weighted by molar-refractivity contribution is 7.45. The summed E-state index contributed by atoms with van der Waals surface area (Å²) in [4.78, 5) is 25.0. The number of nitrogens with zero attached hydrogens (tertiary/aromatic N) is 1. The molecule has 0 rings (SSSR count). The number of unbranched alkanes of at least 4 members (excludes halogenated alkanes) is 5. The van der Waals surface area contributed by atoms with Crippen molar-refractivity contribution in [1.82, 2.24) is 5.32 Å². The summed E-state index contributed by atoms with van der Waals surface area (Å²) in [6.07, 6.45) is 51.9. The number of amides is 1. The highest BCUT2D eigenvalue weighted by Crippen LogP contribution is 2.38. The van der Waals surface area contributed by atoms with Gasteiger partial charge in [0, 0.05) is 6.42 Å². The summed E-state index contributed by atoms with van der Waals surface area (Å²) < 4.78 is 22.9. The fourth-order valence-corrected chi connectivity index (χ4v) is 5.47. The number of aliphatic hydroxyl groups is 1. The van der Waals surface area contributed by atoms with Crippen LogP contribution in [0.15, 0.2) is 109 Å². The van der Waals surface area contributed by atoms with Crippen molar-refractivity contribution in [2.75, 3.05) is 40.9 Å². The quantitative estimate of drug-likeness (QED) is 0.0292. The lowest BCUT2D eigenvalue weighted by molar-refractivity contribution is -0.870. The van der Waals surface area contributed by atoms with E-state index in [0.29, 0.717) is 17.4 Å². The van der Waals surface area contributed by atoms with Crippen molar-refractivity contribution in [2.24, 2.45) is 0 Å². The van der Waals surface area contributed by atoms with Gasteiger partial charge in [-0.2, -0.15) is 0 Å². The topological polar surface area (TPSA) is 108 Å². The number of rotatable bonds is 34. The van der Waals surface area contributed by atoms with Gasteiger partial charge in [-0.05, 0) is 83.5 Å². The maximum Gasteiger partial charge on any atom is 0.268 e. The maximum absolute atomic E-state index is 12.7. The second-order valence-corrected chi connectivity index (χ2v) is 15.7. The molecule has 0 aromatic carbocycles. The third-order valence-electron chi connectivity index (χ3n) is 7.99. The summed E-state index contributed by atoms with van der Waals surface area (Å²) in [5.74, 6) is -0.255. The Kier molecular flexibility index (Phi) is 34.0. The van der Waals surface area contributed by atoms with Crippen molar-refractivity contribution in [3.05, 3.63) is 109 Å². The Morgan fingerprint density at radius 2 is 1.11 bits per heavy atom. The smallest absolute Gasteiger partial charge is 0.268 e. The Morgan fingerprint density at radius 1 is 0.667 bits per heavy atom. The molecule has 1 amide bonds. The van der Waals surface area contributed by atoms with Gasteiger partial charge in [-0.15, -0.1) is 0 Å². The molecule has 0 saturated heterocycles. The van der Waals surface area contributed by atoms with Crippen LogP contribution >= 0.6 is 7.82 Å². The average molecular weight is 771 g/mol. The monoisotopic (exact) mass is 771 g/mol. The van der Waals surface area contributed by atoms with Crippen LogP contribution in [0.3, 0.4) is 0 Å². The minimum absolute atomic E-state index is 0.0176. The second-order valence-electron chi connectivity index (χ2n) is 14.3. The van der Waals surface area contributed by atoms with Gasteiger partial charge < -0.3 is 28.8 Å². The van der Waals surface area contributed by atoms with Gasteiger partial charge in [-0.1, -0.05) is 136 Å². The number of hydrogen-bond donors (Lipinski definition) is 2. The highest BCUT2D eigenvalue weighted by Gasteiger charge is 2.23. The largest absolute Gasteiger partial charge is 0.756 e. The Hall–Kier alpha value is -2.84. The standard InChI is InChI=1S/C45H75N2O6P/c1-6-8-10-12-13-14-15-16-17-18-19-20-21-22-23-24-25-26-27-28-29-30-31-32-33-35-37-39-45(49)46-43(44(48)38-36-34-11-9-7-2)42-53-54(50,51)52-41-40-47(3,4)5/h8,10,13-14,16-17,19-20,22-23,25-26,28-29,31-32,36,38,43-44,48H,6-7,9,11-12,15,18,21,24,27,30,33-35,37,39-42H2,1-5H3,(H-,46,49,50,51)/b10-8-,14-13-,17-16-,20-19-,23-22-,26-25-,29-28-,32-31-,38-36+. The zero-order valence-corrected chi connectivity index (χ0v) is 35.3. The normalized spacial score (nSPS) is 15.6. The Morgan fingerprint density at radius 3 is 1.57 bits per heavy atom. The van der Waals surface area contributed by atoms with Crippen LogP contribution in [-0.4, -0.2) is 68.5 Å². The van der Waals surface area contributed by atoms with Gasteiger partial charge in [-0.25, -0.2) is 0 Å². The lowest BCUT2D eigenvalue weighted by Crippen LogP contribution is -2.45. The van der Waals surface area contributed by atoms with E-state index < -0.39 is 26.6 Å². The first kappa shape index (κ1) is 51.2. The third-order valence-corrected chi connectivity index (χ3v) is 8.95. The van der Waals surface area contributed by atoms with Gasteiger partial charge in [0.05, 0.1) is 39.9 Å². The predicted molar refractivity (Wildman–Crippen MR) is 228 cm³/mol. The van der Waals surface area contributed by atoms with Crippen LogP contribution < -0.4 is 10.2 Å². The zero-order chi connectivity index (χ0) is 40.0. The molecule has 0 aliphatic rings. The number of quaternary nitrogens is 1. The van der Waals surface area contributed by atoms with Gasteiger partial charge >= 0.3 is 0 Å². The van der Waals surface area contributed by atoms with Crippen molar-refractivity contribution >= 4 is 13.7 Å². The number of nitrogens with one attached hydrogen (secondary N) is 1.